The van der Waals surface area contributed by atoms with Crippen LogP contribution in [-0.4, -0.2) is 70.1 Å². The number of amides is 2. The van der Waals surface area contributed by atoms with Crippen LogP contribution in [0.2, 0.25) is 0 Å². The number of carbonyl (C=O) groups is 2. The predicted octanol–water partition coefficient (Wildman–Crippen LogP) is 4.18. The lowest BCUT2D eigenvalue weighted by atomic mass is 9.85. The van der Waals surface area contributed by atoms with Crippen molar-refractivity contribution in [2.45, 2.75) is 83.0 Å². The van der Waals surface area contributed by atoms with E-state index < -0.39 is 11.1 Å². The van der Waals surface area contributed by atoms with Crippen molar-refractivity contribution in [2.24, 2.45) is 5.92 Å². The molecule has 184 valence electrons. The topological polar surface area (TPSA) is 76.9 Å². The molecule has 3 fully saturated rings. The van der Waals surface area contributed by atoms with Crippen molar-refractivity contribution in [2.75, 3.05) is 26.2 Å². The van der Waals surface area contributed by atoms with E-state index in [1.165, 1.54) is 5.56 Å². The van der Waals surface area contributed by atoms with Gasteiger partial charge in [0.1, 0.15) is 11.1 Å². The standard InChI is InChI=1S/C27H38N4O3/c1-26(2,3)34-25(33)29-17-13-27(20-28,14-18-29)30-15-11-23(12-16-30)31(24(32)22-9-10-22)19-21-7-5-4-6-8-21/h4-8,22-23H,9-19H2,1-3H3. The zero-order valence-corrected chi connectivity index (χ0v) is 20.8. The minimum absolute atomic E-state index is 0.198. The summed E-state index contributed by atoms with van der Waals surface area (Å²) >= 11 is 0. The Morgan fingerprint density at radius 3 is 2.21 bits per heavy atom. The van der Waals surface area contributed by atoms with Crippen molar-refractivity contribution in [1.82, 2.24) is 14.7 Å². The van der Waals surface area contributed by atoms with Crippen molar-refractivity contribution in [1.29, 1.82) is 5.26 Å². The van der Waals surface area contributed by atoms with Crippen LogP contribution in [-0.2, 0) is 16.1 Å². The van der Waals surface area contributed by atoms with Gasteiger partial charge in [-0.2, -0.15) is 5.26 Å². The Labute approximate surface area is 203 Å². The maximum Gasteiger partial charge on any atom is 0.410 e. The summed E-state index contributed by atoms with van der Waals surface area (Å²) in [7, 11) is 0. The first-order valence-corrected chi connectivity index (χ1v) is 12.7. The Morgan fingerprint density at radius 1 is 1.06 bits per heavy atom. The van der Waals surface area contributed by atoms with E-state index in [4.69, 9.17) is 4.74 Å². The summed E-state index contributed by atoms with van der Waals surface area (Å²) in [6.07, 6.45) is 4.73. The highest BCUT2D eigenvalue weighted by Crippen LogP contribution is 2.36. The Kier molecular flexibility index (Phi) is 7.18. The number of hydrogen-bond acceptors (Lipinski definition) is 5. The van der Waals surface area contributed by atoms with Gasteiger partial charge in [-0.05, 0) is 64.9 Å². The largest absolute Gasteiger partial charge is 0.444 e. The molecule has 1 aliphatic carbocycles. The molecule has 0 unspecified atom stereocenters. The first-order valence-electron chi connectivity index (χ1n) is 12.7. The van der Waals surface area contributed by atoms with E-state index in [0.717, 1.165) is 38.8 Å². The summed E-state index contributed by atoms with van der Waals surface area (Å²) < 4.78 is 5.51. The number of hydrogen-bond donors (Lipinski definition) is 0. The third-order valence-corrected chi connectivity index (χ3v) is 7.37. The molecule has 0 N–H and O–H groups in total. The van der Waals surface area contributed by atoms with Crippen LogP contribution >= 0.6 is 0 Å². The van der Waals surface area contributed by atoms with Crippen molar-refractivity contribution in [3.05, 3.63) is 35.9 Å². The van der Waals surface area contributed by atoms with E-state index in [1.54, 1.807) is 4.90 Å². The van der Waals surface area contributed by atoms with Crippen molar-refractivity contribution in [3.8, 4) is 6.07 Å². The maximum absolute atomic E-state index is 13.1. The summed E-state index contributed by atoms with van der Waals surface area (Å²) in [6, 6.07) is 13.0. The Morgan fingerprint density at radius 2 is 1.68 bits per heavy atom. The predicted molar refractivity (Wildman–Crippen MR) is 130 cm³/mol. The van der Waals surface area contributed by atoms with E-state index in [9.17, 15) is 14.9 Å². The summed E-state index contributed by atoms with van der Waals surface area (Å²) in [6.45, 7) is 8.93. The summed E-state index contributed by atoms with van der Waals surface area (Å²) in [4.78, 5) is 31.7. The van der Waals surface area contributed by atoms with E-state index in [1.807, 2.05) is 39.0 Å². The number of carbonyl (C=O) groups excluding carboxylic acids is 2. The Balaban J connectivity index is 1.36. The highest BCUT2D eigenvalue weighted by molar-refractivity contribution is 5.81. The molecule has 7 nitrogen and oxygen atoms in total. The third kappa shape index (κ3) is 5.72. The van der Waals surface area contributed by atoms with E-state index in [0.29, 0.717) is 38.4 Å². The molecule has 1 saturated carbocycles. The molecule has 0 bridgehead atoms. The quantitative estimate of drug-likeness (QED) is 0.651. The fourth-order valence-corrected chi connectivity index (χ4v) is 5.22. The first kappa shape index (κ1) is 24.5. The van der Waals surface area contributed by atoms with Gasteiger partial charge >= 0.3 is 6.09 Å². The lowest BCUT2D eigenvalue weighted by Crippen LogP contribution is -2.59. The van der Waals surface area contributed by atoms with Crippen LogP contribution in [0.5, 0.6) is 0 Å². The molecule has 2 heterocycles. The van der Waals surface area contributed by atoms with Crippen LogP contribution in [0.4, 0.5) is 4.79 Å². The second-order valence-corrected chi connectivity index (χ2v) is 11.1. The highest BCUT2D eigenvalue weighted by Gasteiger charge is 2.44. The van der Waals surface area contributed by atoms with Crippen molar-refractivity contribution >= 4 is 12.0 Å². The van der Waals surface area contributed by atoms with Gasteiger partial charge in [0.15, 0.2) is 0 Å². The van der Waals surface area contributed by atoms with Gasteiger partial charge in [0.05, 0.1) is 6.07 Å². The zero-order chi connectivity index (χ0) is 24.3. The molecule has 34 heavy (non-hydrogen) atoms. The van der Waals surface area contributed by atoms with E-state index in [2.05, 4.69) is 28.0 Å². The fourth-order valence-electron chi connectivity index (χ4n) is 5.22. The van der Waals surface area contributed by atoms with Crippen LogP contribution < -0.4 is 0 Å². The number of piperidine rings is 2. The molecule has 4 rings (SSSR count). The summed E-state index contributed by atoms with van der Waals surface area (Å²) in [5.74, 6) is 0.493. The smallest absolute Gasteiger partial charge is 0.410 e. The third-order valence-electron chi connectivity index (χ3n) is 7.37. The normalized spacial score (nSPS) is 21.5. The molecule has 0 radical (unpaired) electrons. The van der Waals surface area contributed by atoms with Crippen LogP contribution in [0.1, 0.15) is 64.9 Å². The minimum atomic E-state index is -0.547. The van der Waals surface area contributed by atoms with Gasteiger partial charge in [0.2, 0.25) is 5.91 Å². The average molecular weight is 467 g/mol. The molecule has 7 heteroatoms. The number of nitrogens with zero attached hydrogens (tertiary/aromatic N) is 4. The second kappa shape index (κ2) is 9.95. The van der Waals surface area contributed by atoms with Gasteiger partial charge in [-0.3, -0.25) is 9.69 Å². The van der Waals surface area contributed by atoms with Gasteiger partial charge < -0.3 is 14.5 Å². The van der Waals surface area contributed by atoms with Crippen LogP contribution in [0.3, 0.4) is 0 Å². The number of benzene rings is 1. The van der Waals surface area contributed by atoms with E-state index in [-0.39, 0.29) is 18.1 Å². The number of likely N-dealkylation sites (tertiary alicyclic amines) is 2. The molecular formula is C27H38N4O3. The van der Waals surface area contributed by atoms with Crippen molar-refractivity contribution in [3.63, 3.8) is 0 Å². The van der Waals surface area contributed by atoms with Gasteiger partial charge in [0, 0.05) is 44.7 Å². The first-order chi connectivity index (χ1) is 16.2. The van der Waals surface area contributed by atoms with Crippen LogP contribution in [0.15, 0.2) is 30.3 Å². The van der Waals surface area contributed by atoms with Gasteiger partial charge in [-0.1, -0.05) is 30.3 Å². The monoisotopic (exact) mass is 466 g/mol. The SMILES string of the molecule is CC(C)(C)OC(=O)N1CCC(C#N)(N2CCC(N(Cc3ccccc3)C(=O)C3CC3)CC2)CC1. The highest BCUT2D eigenvalue weighted by atomic mass is 16.6. The second-order valence-electron chi connectivity index (χ2n) is 11.1. The molecule has 0 atom stereocenters. The molecular weight excluding hydrogens is 428 g/mol. The number of ether oxygens (including phenoxy) is 1. The van der Waals surface area contributed by atoms with E-state index >= 15 is 0 Å². The Bertz CT molecular complexity index is 900. The van der Waals surface area contributed by atoms with Gasteiger partial charge in [0.25, 0.3) is 0 Å². The van der Waals surface area contributed by atoms with Crippen LogP contribution in [0, 0.1) is 17.2 Å². The zero-order valence-electron chi connectivity index (χ0n) is 20.8. The molecule has 2 amide bonds. The molecule has 2 aliphatic heterocycles. The molecule has 1 aromatic rings. The molecule has 1 aromatic carbocycles. The molecule has 0 aromatic heterocycles. The maximum atomic E-state index is 13.1. The fraction of sp³-hybridized carbons (Fsp3) is 0.667. The molecule has 3 aliphatic rings. The lowest BCUT2D eigenvalue weighted by molar-refractivity contribution is -0.137. The van der Waals surface area contributed by atoms with Gasteiger partial charge in [-0.25, -0.2) is 4.79 Å². The van der Waals surface area contributed by atoms with Crippen molar-refractivity contribution < 1.29 is 14.3 Å². The average Bonchev–Trinajstić information content (AvgIpc) is 3.68. The Hall–Kier alpha value is -2.59. The summed E-state index contributed by atoms with van der Waals surface area (Å²) in [5.41, 5.74) is 0.0995. The molecule has 2 saturated heterocycles. The van der Waals surface area contributed by atoms with Crippen LogP contribution in [0.25, 0.3) is 0 Å². The van der Waals surface area contributed by atoms with Gasteiger partial charge in [-0.15, -0.1) is 0 Å². The lowest BCUT2D eigenvalue weighted by Gasteiger charge is -2.48. The minimum Gasteiger partial charge on any atom is -0.444 e. The number of nitriles is 1. The molecule has 0 spiro atoms. The number of rotatable bonds is 5. The summed E-state index contributed by atoms with van der Waals surface area (Å²) in [5, 5.41) is 10.2.